The van der Waals surface area contributed by atoms with Gasteiger partial charge in [-0.05, 0) is 49.6 Å². The van der Waals surface area contributed by atoms with Crippen LogP contribution in [0.15, 0.2) is 36.4 Å². The maximum Gasteiger partial charge on any atom is 0.249 e. The zero-order valence-electron chi connectivity index (χ0n) is 14.7. The number of amides is 1. The molecule has 0 unspecified atom stereocenters. The van der Waals surface area contributed by atoms with Gasteiger partial charge in [0.15, 0.2) is 5.65 Å². The molecule has 1 aliphatic rings. The molecule has 2 aromatic heterocycles. The van der Waals surface area contributed by atoms with Gasteiger partial charge < -0.3 is 4.90 Å². The number of hydrogen-bond donors (Lipinski definition) is 1. The molecule has 0 saturated heterocycles. The predicted molar refractivity (Wildman–Crippen MR) is 98.8 cm³/mol. The topological polar surface area (TPSA) is 62.5 Å². The molecule has 2 heterocycles. The van der Waals surface area contributed by atoms with Crippen LogP contribution in [0.1, 0.15) is 18.4 Å². The van der Waals surface area contributed by atoms with Gasteiger partial charge in [0.2, 0.25) is 11.9 Å². The summed E-state index contributed by atoms with van der Waals surface area (Å²) in [7, 11) is 4.07. The summed E-state index contributed by atoms with van der Waals surface area (Å²) in [5.41, 5.74) is 5.12. The zero-order chi connectivity index (χ0) is 17.6. The van der Waals surface area contributed by atoms with Gasteiger partial charge in [-0.15, -0.1) is 5.10 Å². The Bertz CT molecular complexity index is 956. The van der Waals surface area contributed by atoms with Crippen LogP contribution < -0.4 is 10.2 Å². The summed E-state index contributed by atoms with van der Waals surface area (Å²) in [6, 6.07) is 12.2. The predicted octanol–water partition coefficient (Wildman–Crippen LogP) is 3.12. The van der Waals surface area contributed by atoms with Gasteiger partial charge in [-0.2, -0.15) is 4.98 Å². The number of carbonyl (C=O) groups excluding carboxylic acids is 1. The highest BCUT2D eigenvalue weighted by Crippen LogP contribution is 2.30. The van der Waals surface area contributed by atoms with Crippen molar-refractivity contribution in [2.75, 3.05) is 24.3 Å². The number of nitrogens with one attached hydrogen (secondary N) is 1. The number of aryl methyl sites for hydroxylation is 1. The Hall–Kier alpha value is -2.89. The monoisotopic (exact) mass is 335 g/mol. The Morgan fingerprint density at radius 3 is 2.72 bits per heavy atom. The second-order valence-corrected chi connectivity index (χ2v) is 6.78. The fourth-order valence-corrected chi connectivity index (χ4v) is 3.05. The fourth-order valence-electron chi connectivity index (χ4n) is 3.05. The van der Waals surface area contributed by atoms with Gasteiger partial charge in [0.25, 0.3) is 0 Å². The van der Waals surface area contributed by atoms with Crippen LogP contribution in [0.25, 0.3) is 16.9 Å². The van der Waals surface area contributed by atoms with E-state index in [2.05, 4.69) is 45.4 Å². The molecule has 1 N–H and O–H groups in total. The van der Waals surface area contributed by atoms with E-state index in [-0.39, 0.29) is 11.8 Å². The highest BCUT2D eigenvalue weighted by molar-refractivity contribution is 5.92. The summed E-state index contributed by atoms with van der Waals surface area (Å²) in [6.07, 6.45) is 1.92. The Kier molecular flexibility index (Phi) is 3.67. The van der Waals surface area contributed by atoms with Crippen molar-refractivity contribution >= 4 is 23.2 Å². The molecular formula is C19H21N5O. The average molecular weight is 335 g/mol. The molecule has 1 fully saturated rings. The van der Waals surface area contributed by atoms with Gasteiger partial charge in [0.05, 0.1) is 5.69 Å². The van der Waals surface area contributed by atoms with Gasteiger partial charge in [0, 0.05) is 31.3 Å². The Labute approximate surface area is 146 Å². The first-order valence-electron chi connectivity index (χ1n) is 8.48. The lowest BCUT2D eigenvalue weighted by molar-refractivity contribution is -0.117. The summed E-state index contributed by atoms with van der Waals surface area (Å²) >= 11 is 0. The van der Waals surface area contributed by atoms with Crippen molar-refractivity contribution in [3.05, 3.63) is 42.0 Å². The van der Waals surface area contributed by atoms with Crippen LogP contribution in [0, 0.1) is 12.8 Å². The van der Waals surface area contributed by atoms with Gasteiger partial charge >= 0.3 is 0 Å². The molecule has 1 amide bonds. The molecule has 6 nitrogen and oxygen atoms in total. The van der Waals surface area contributed by atoms with Crippen LogP contribution >= 0.6 is 0 Å². The SMILES string of the molecule is Cc1cc(-c2cccc3nc(NC(=O)C4CC4)nn23)ccc1N(C)C. The van der Waals surface area contributed by atoms with E-state index in [0.717, 1.165) is 29.7 Å². The maximum atomic E-state index is 11.9. The van der Waals surface area contributed by atoms with Crippen molar-refractivity contribution in [3.8, 4) is 11.3 Å². The van der Waals surface area contributed by atoms with E-state index in [1.54, 1.807) is 4.52 Å². The minimum Gasteiger partial charge on any atom is -0.377 e. The highest BCUT2D eigenvalue weighted by Gasteiger charge is 2.30. The molecule has 128 valence electrons. The lowest BCUT2D eigenvalue weighted by Gasteiger charge is -2.16. The first-order valence-corrected chi connectivity index (χ1v) is 8.48. The molecule has 0 spiro atoms. The lowest BCUT2D eigenvalue weighted by Crippen LogP contribution is -2.14. The summed E-state index contributed by atoms with van der Waals surface area (Å²) in [4.78, 5) is 18.5. The molecular weight excluding hydrogens is 314 g/mol. The average Bonchev–Trinajstić information content (AvgIpc) is 3.34. The van der Waals surface area contributed by atoms with Crippen molar-refractivity contribution < 1.29 is 4.79 Å². The molecule has 0 aliphatic heterocycles. The minimum atomic E-state index is 0.0173. The molecule has 4 rings (SSSR count). The van der Waals surface area contributed by atoms with E-state index in [0.29, 0.717) is 5.95 Å². The quantitative estimate of drug-likeness (QED) is 0.796. The number of aromatic nitrogens is 3. The largest absolute Gasteiger partial charge is 0.377 e. The smallest absolute Gasteiger partial charge is 0.249 e. The Balaban J connectivity index is 1.73. The second-order valence-electron chi connectivity index (χ2n) is 6.78. The van der Waals surface area contributed by atoms with Crippen molar-refractivity contribution in [2.45, 2.75) is 19.8 Å². The maximum absolute atomic E-state index is 11.9. The lowest BCUT2D eigenvalue weighted by atomic mass is 10.1. The molecule has 1 aromatic carbocycles. The van der Waals surface area contributed by atoms with Crippen LogP contribution in [0.2, 0.25) is 0 Å². The van der Waals surface area contributed by atoms with Crippen LogP contribution in [0.5, 0.6) is 0 Å². The molecule has 3 aromatic rings. The third kappa shape index (κ3) is 2.95. The van der Waals surface area contributed by atoms with Crippen LogP contribution in [0.4, 0.5) is 11.6 Å². The van der Waals surface area contributed by atoms with E-state index in [4.69, 9.17) is 0 Å². The first-order chi connectivity index (χ1) is 12.0. The molecule has 0 radical (unpaired) electrons. The highest BCUT2D eigenvalue weighted by atomic mass is 16.2. The summed E-state index contributed by atoms with van der Waals surface area (Å²) in [5.74, 6) is 0.516. The number of rotatable bonds is 4. The first kappa shape index (κ1) is 15.6. The Morgan fingerprint density at radius 1 is 1.24 bits per heavy atom. The fraction of sp³-hybridized carbons (Fsp3) is 0.316. The second kappa shape index (κ2) is 5.88. The third-order valence-electron chi connectivity index (χ3n) is 4.52. The Morgan fingerprint density at radius 2 is 2.04 bits per heavy atom. The number of nitrogens with zero attached hydrogens (tertiary/aromatic N) is 4. The number of carbonyl (C=O) groups is 1. The molecule has 25 heavy (non-hydrogen) atoms. The van der Waals surface area contributed by atoms with Crippen LogP contribution in [-0.4, -0.2) is 34.6 Å². The van der Waals surface area contributed by atoms with E-state index < -0.39 is 0 Å². The number of pyridine rings is 1. The standard InChI is InChI=1S/C19H21N5O/c1-12-11-14(9-10-15(12)23(2)3)16-5-4-6-17-20-19(22-24(16)17)21-18(25)13-7-8-13/h4-6,9-11,13H,7-8H2,1-3H3,(H,21,22,25). The minimum absolute atomic E-state index is 0.0173. The number of benzene rings is 1. The number of fused-ring (bicyclic) bond motifs is 1. The van der Waals surface area contributed by atoms with Gasteiger partial charge in [-0.25, -0.2) is 4.52 Å². The van der Waals surface area contributed by atoms with Gasteiger partial charge in [-0.1, -0.05) is 12.1 Å². The van der Waals surface area contributed by atoms with E-state index >= 15 is 0 Å². The van der Waals surface area contributed by atoms with Crippen molar-refractivity contribution in [1.82, 2.24) is 14.6 Å². The van der Waals surface area contributed by atoms with E-state index in [1.807, 2.05) is 32.3 Å². The molecule has 0 atom stereocenters. The summed E-state index contributed by atoms with van der Waals surface area (Å²) in [6.45, 7) is 2.10. The zero-order valence-corrected chi connectivity index (χ0v) is 14.7. The normalized spacial score (nSPS) is 13.9. The van der Waals surface area contributed by atoms with E-state index in [9.17, 15) is 4.79 Å². The van der Waals surface area contributed by atoms with Gasteiger partial charge in [-0.3, -0.25) is 10.1 Å². The molecule has 1 saturated carbocycles. The van der Waals surface area contributed by atoms with Crippen LogP contribution in [0.3, 0.4) is 0 Å². The summed E-state index contributed by atoms with van der Waals surface area (Å²) in [5, 5.41) is 7.31. The molecule has 1 aliphatic carbocycles. The van der Waals surface area contributed by atoms with Crippen molar-refractivity contribution in [2.24, 2.45) is 5.92 Å². The van der Waals surface area contributed by atoms with Crippen molar-refractivity contribution in [1.29, 1.82) is 0 Å². The van der Waals surface area contributed by atoms with Gasteiger partial charge in [0.1, 0.15) is 0 Å². The molecule has 6 heteroatoms. The molecule has 0 bridgehead atoms. The third-order valence-corrected chi connectivity index (χ3v) is 4.52. The van der Waals surface area contributed by atoms with Crippen molar-refractivity contribution in [3.63, 3.8) is 0 Å². The number of hydrogen-bond acceptors (Lipinski definition) is 4. The van der Waals surface area contributed by atoms with E-state index in [1.165, 1.54) is 11.3 Å². The summed E-state index contributed by atoms with van der Waals surface area (Å²) < 4.78 is 1.78. The van der Waals surface area contributed by atoms with Crippen LogP contribution in [-0.2, 0) is 4.79 Å². The number of anilines is 2.